The van der Waals surface area contributed by atoms with E-state index in [4.69, 9.17) is 9.92 Å². The van der Waals surface area contributed by atoms with E-state index < -0.39 is 61.3 Å². The lowest BCUT2D eigenvalue weighted by Crippen LogP contribution is -2.17. The molecule has 0 aliphatic rings. The molecule has 0 heterocycles. The first-order chi connectivity index (χ1) is 13.0. The molecule has 3 N–H and O–H groups in total. The van der Waals surface area contributed by atoms with Crippen molar-refractivity contribution in [2.45, 2.75) is 28.0 Å². The first-order valence-corrected chi connectivity index (χ1v) is 14.5. The number of benzene rings is 2. The van der Waals surface area contributed by atoms with Crippen molar-refractivity contribution in [3.05, 3.63) is 17.7 Å². The Kier molecular flexibility index (Phi) is 6.09. The van der Waals surface area contributed by atoms with E-state index in [1.807, 2.05) is 0 Å². The topological polar surface area (TPSA) is 175 Å². The smallest absolute Gasteiger partial charge is 0.306 e. The number of rotatable bonds is 6. The lowest BCUT2D eigenvalue weighted by molar-refractivity contribution is 0.483. The number of hydrogen-bond acceptors (Lipinski definition) is 9. The lowest BCUT2D eigenvalue weighted by Gasteiger charge is -2.20. The predicted molar refractivity (Wildman–Crippen MR) is 108 cm³/mol. The van der Waals surface area contributed by atoms with E-state index in [2.05, 4.69) is 0 Å². The summed E-state index contributed by atoms with van der Waals surface area (Å²) in [6.07, 6.45) is 2.35. The summed E-state index contributed by atoms with van der Waals surface area (Å²) in [6, 6.07) is 2.73. The van der Waals surface area contributed by atoms with Crippen molar-refractivity contribution in [3.63, 3.8) is 0 Å². The fourth-order valence-corrected chi connectivity index (χ4v) is 7.57. The molecule has 2 rings (SSSR count). The van der Waals surface area contributed by atoms with Crippen LogP contribution in [-0.4, -0.2) is 52.8 Å². The molecule has 1 atom stereocenters. The summed E-state index contributed by atoms with van der Waals surface area (Å²) in [6.45, 7) is 1.72. The van der Waals surface area contributed by atoms with Crippen molar-refractivity contribution in [3.8, 4) is 5.75 Å². The number of fused-ring (bicyclic) bond motifs is 1. The Hall–Kier alpha value is -1.74. The van der Waals surface area contributed by atoms with E-state index in [1.54, 1.807) is 6.92 Å². The first-order valence-electron chi connectivity index (χ1n) is 7.82. The maximum atomic E-state index is 12.6. The fourth-order valence-electron chi connectivity index (χ4n) is 2.93. The third-order valence-electron chi connectivity index (χ3n) is 3.96. The van der Waals surface area contributed by atoms with E-state index in [1.165, 1.54) is 12.1 Å². The van der Waals surface area contributed by atoms with Crippen molar-refractivity contribution in [1.82, 2.24) is 0 Å². The van der Waals surface area contributed by atoms with Gasteiger partial charge in [-0.3, -0.25) is 0 Å². The van der Waals surface area contributed by atoms with Gasteiger partial charge in [0.25, 0.3) is 0 Å². The summed E-state index contributed by atoms with van der Waals surface area (Å²) in [5, 5.41) is -0.518. The Balaban J connectivity index is 3.48. The highest BCUT2D eigenvalue weighted by Gasteiger charge is 2.36. The lowest BCUT2D eigenvalue weighted by atomic mass is 10.0. The van der Waals surface area contributed by atoms with Crippen molar-refractivity contribution >= 4 is 57.3 Å². The van der Waals surface area contributed by atoms with Gasteiger partial charge in [0.15, 0.2) is 36.5 Å². The SMILES string of the molecule is CCc1ccc2c(OS(C)(=O)=O)c(S(=O)O)c(S(C)(=O)=O)c(S(C)(=O)=O)c2c1N. The van der Waals surface area contributed by atoms with Crippen LogP contribution in [-0.2, 0) is 47.3 Å². The summed E-state index contributed by atoms with van der Waals surface area (Å²) in [5.74, 6) is -0.773. The van der Waals surface area contributed by atoms with Crippen LogP contribution in [0.4, 0.5) is 5.69 Å². The molecule has 14 heteroatoms. The zero-order chi connectivity index (χ0) is 22.5. The quantitative estimate of drug-likeness (QED) is 0.337. The van der Waals surface area contributed by atoms with Gasteiger partial charge in [-0.2, -0.15) is 8.42 Å². The second-order valence-electron chi connectivity index (χ2n) is 6.31. The Morgan fingerprint density at radius 3 is 1.90 bits per heavy atom. The monoisotopic (exact) mass is 485 g/mol. The van der Waals surface area contributed by atoms with E-state index in [9.17, 15) is 34.0 Å². The molecule has 0 amide bonds. The van der Waals surface area contributed by atoms with Crippen LogP contribution >= 0.6 is 0 Å². The molecule has 1 unspecified atom stereocenters. The molecule has 162 valence electrons. The van der Waals surface area contributed by atoms with E-state index >= 15 is 0 Å². The zero-order valence-electron chi connectivity index (χ0n) is 15.8. The molecule has 0 radical (unpaired) electrons. The molecule has 0 aromatic heterocycles. The van der Waals surface area contributed by atoms with Crippen LogP contribution in [0.5, 0.6) is 5.75 Å². The van der Waals surface area contributed by atoms with E-state index in [0.717, 1.165) is 6.26 Å². The highest BCUT2D eigenvalue weighted by molar-refractivity contribution is 7.94. The van der Waals surface area contributed by atoms with Crippen LogP contribution in [0.2, 0.25) is 0 Å². The van der Waals surface area contributed by atoms with Crippen LogP contribution in [0.1, 0.15) is 12.5 Å². The molecule has 0 spiro atoms. The Morgan fingerprint density at radius 1 is 1.00 bits per heavy atom. The van der Waals surface area contributed by atoms with Gasteiger partial charge in [0.05, 0.1) is 11.2 Å². The predicted octanol–water partition coefficient (Wildman–Crippen LogP) is 0.710. The maximum Gasteiger partial charge on any atom is 0.306 e. The standard InChI is InChI=1S/C15H19NO9S4/c1-5-8-6-7-9-10(11(8)16)14(27(2,19)20)15(28(3,21)22)13(26(17)18)12(9)25-29(4,23)24/h6-7H,5,16H2,1-4H3,(H,17,18). The van der Waals surface area contributed by atoms with Gasteiger partial charge in [-0.15, -0.1) is 0 Å². The third kappa shape index (κ3) is 4.55. The van der Waals surface area contributed by atoms with Gasteiger partial charge >= 0.3 is 10.1 Å². The zero-order valence-corrected chi connectivity index (χ0v) is 19.1. The van der Waals surface area contributed by atoms with Crippen molar-refractivity contribution in [1.29, 1.82) is 0 Å². The summed E-state index contributed by atoms with van der Waals surface area (Å²) in [4.78, 5) is -2.82. The molecule has 0 saturated carbocycles. The van der Waals surface area contributed by atoms with Gasteiger partial charge in [-0.1, -0.05) is 19.1 Å². The largest absolute Gasteiger partial charge is 0.398 e. The Morgan fingerprint density at radius 2 is 1.52 bits per heavy atom. The van der Waals surface area contributed by atoms with Crippen LogP contribution in [0.25, 0.3) is 10.8 Å². The molecule has 2 aromatic rings. The molecule has 10 nitrogen and oxygen atoms in total. The van der Waals surface area contributed by atoms with Crippen molar-refractivity contribution < 1.29 is 38.2 Å². The average Bonchev–Trinajstić information content (AvgIpc) is 2.51. The average molecular weight is 486 g/mol. The van der Waals surface area contributed by atoms with Gasteiger partial charge < -0.3 is 14.5 Å². The fraction of sp³-hybridized carbons (Fsp3) is 0.333. The minimum absolute atomic E-state index is 0.107. The number of nitrogens with two attached hydrogens (primary N) is 1. The molecule has 0 aliphatic carbocycles. The molecule has 0 bridgehead atoms. The highest BCUT2D eigenvalue weighted by Crippen LogP contribution is 2.45. The number of aryl methyl sites for hydroxylation is 1. The molecular weight excluding hydrogens is 466 g/mol. The second kappa shape index (κ2) is 7.50. The van der Waals surface area contributed by atoms with Crippen molar-refractivity contribution in [2.75, 3.05) is 24.5 Å². The first kappa shape index (κ1) is 23.5. The molecule has 29 heavy (non-hydrogen) atoms. The molecule has 0 fully saturated rings. The minimum Gasteiger partial charge on any atom is -0.398 e. The Labute approximate surface area is 171 Å². The second-order valence-corrected chi connectivity index (χ2v) is 12.7. The van der Waals surface area contributed by atoms with Crippen LogP contribution in [0, 0.1) is 0 Å². The van der Waals surface area contributed by atoms with Gasteiger partial charge in [0.1, 0.15) is 9.79 Å². The van der Waals surface area contributed by atoms with E-state index in [0.29, 0.717) is 24.5 Å². The number of anilines is 1. The minimum atomic E-state index is -4.46. The summed E-state index contributed by atoms with van der Waals surface area (Å²) in [7, 11) is -13.1. The maximum absolute atomic E-state index is 12.6. The van der Waals surface area contributed by atoms with Crippen molar-refractivity contribution in [2.24, 2.45) is 0 Å². The van der Waals surface area contributed by atoms with Gasteiger partial charge in [0, 0.05) is 29.0 Å². The number of nitrogen functional groups attached to an aromatic ring is 1. The van der Waals surface area contributed by atoms with Crippen LogP contribution < -0.4 is 9.92 Å². The number of hydrogen-bond donors (Lipinski definition) is 2. The molecule has 0 aliphatic heterocycles. The van der Waals surface area contributed by atoms with Crippen LogP contribution in [0.3, 0.4) is 0 Å². The normalized spacial score (nSPS) is 14.1. The third-order valence-corrected chi connectivity index (χ3v) is 7.72. The van der Waals surface area contributed by atoms with E-state index in [-0.39, 0.29) is 16.5 Å². The summed E-state index contributed by atoms with van der Waals surface area (Å²) in [5.41, 5.74) is 6.45. The van der Waals surface area contributed by atoms with Gasteiger partial charge in [0.2, 0.25) is 0 Å². The summed E-state index contributed by atoms with van der Waals surface area (Å²) >= 11 is -3.12. The van der Waals surface area contributed by atoms with Gasteiger partial charge in [-0.05, 0) is 12.0 Å². The molecule has 0 saturated heterocycles. The molecular formula is C15H19NO9S4. The highest BCUT2D eigenvalue weighted by atomic mass is 32.2. The molecule has 2 aromatic carbocycles. The van der Waals surface area contributed by atoms with Gasteiger partial charge in [-0.25, -0.2) is 21.0 Å². The number of sulfone groups is 2. The van der Waals surface area contributed by atoms with Crippen LogP contribution in [0.15, 0.2) is 26.8 Å². The Bertz CT molecular complexity index is 1360. The summed E-state index contributed by atoms with van der Waals surface area (Å²) < 4.78 is 100.